The van der Waals surface area contributed by atoms with Crippen LogP contribution in [0, 0.1) is 0 Å². The van der Waals surface area contributed by atoms with Gasteiger partial charge in [-0.05, 0) is 44.2 Å². The number of H-pyrrole nitrogens is 1. The van der Waals surface area contributed by atoms with E-state index in [2.05, 4.69) is 10.3 Å². The normalized spacial score (nSPS) is 22.1. The molecule has 2 aliphatic rings. The van der Waals surface area contributed by atoms with Crippen molar-refractivity contribution < 1.29 is 24.3 Å². The molecule has 2 aliphatic heterocycles. The number of aromatic nitrogens is 1. The lowest BCUT2D eigenvalue weighted by molar-refractivity contribution is -0.148. The van der Waals surface area contributed by atoms with Gasteiger partial charge in [-0.2, -0.15) is 0 Å². The number of para-hydroxylation sites is 1. The van der Waals surface area contributed by atoms with Crippen LogP contribution in [-0.4, -0.2) is 80.8 Å². The zero-order valence-electron chi connectivity index (χ0n) is 19.2. The Hall–Kier alpha value is -3.40. The predicted octanol–water partition coefficient (Wildman–Crippen LogP) is 0.609. The van der Waals surface area contributed by atoms with Gasteiger partial charge in [0.1, 0.15) is 18.1 Å². The molecule has 3 amide bonds. The van der Waals surface area contributed by atoms with E-state index < -0.39 is 36.0 Å². The van der Waals surface area contributed by atoms with Crippen molar-refractivity contribution in [3.05, 3.63) is 36.0 Å². The number of aromatic amines is 1. The van der Waals surface area contributed by atoms with Crippen LogP contribution in [0.1, 0.15) is 38.2 Å². The highest BCUT2D eigenvalue weighted by Crippen LogP contribution is 2.26. The number of hydrogen-bond donors (Lipinski definition) is 4. The highest BCUT2D eigenvalue weighted by atomic mass is 16.4. The van der Waals surface area contributed by atoms with Gasteiger partial charge in [-0.1, -0.05) is 18.2 Å². The van der Waals surface area contributed by atoms with E-state index in [-0.39, 0.29) is 18.2 Å². The Kier molecular flexibility index (Phi) is 6.87. The summed E-state index contributed by atoms with van der Waals surface area (Å²) in [6.45, 7) is 2.45. The summed E-state index contributed by atoms with van der Waals surface area (Å²) in [5, 5.41) is 13.3. The summed E-state index contributed by atoms with van der Waals surface area (Å²) in [6, 6.07) is 4.34. The van der Waals surface area contributed by atoms with Gasteiger partial charge in [-0.15, -0.1) is 0 Å². The quantitative estimate of drug-likeness (QED) is 0.467. The van der Waals surface area contributed by atoms with Crippen molar-refractivity contribution in [2.24, 2.45) is 5.73 Å². The molecule has 182 valence electrons. The molecule has 0 radical (unpaired) electrons. The largest absolute Gasteiger partial charge is 0.480 e. The average Bonchev–Trinajstić information content (AvgIpc) is 3.57. The molecule has 5 N–H and O–H groups in total. The third kappa shape index (κ3) is 4.63. The van der Waals surface area contributed by atoms with Crippen LogP contribution in [0.4, 0.5) is 0 Å². The van der Waals surface area contributed by atoms with Gasteiger partial charge in [0, 0.05) is 36.6 Å². The zero-order chi connectivity index (χ0) is 24.4. The maximum absolute atomic E-state index is 13.3. The topological polar surface area (TPSA) is 149 Å². The van der Waals surface area contributed by atoms with Gasteiger partial charge in [-0.25, -0.2) is 4.79 Å². The Morgan fingerprint density at radius 2 is 1.79 bits per heavy atom. The highest BCUT2D eigenvalue weighted by molar-refractivity contribution is 5.95. The number of likely N-dealkylation sites (tertiary alicyclic amines) is 2. The van der Waals surface area contributed by atoms with Crippen LogP contribution >= 0.6 is 0 Å². The molecule has 4 rings (SSSR count). The third-order valence-corrected chi connectivity index (χ3v) is 6.76. The van der Waals surface area contributed by atoms with E-state index in [1.807, 2.05) is 24.3 Å². The Morgan fingerprint density at radius 3 is 2.50 bits per heavy atom. The van der Waals surface area contributed by atoms with Crippen LogP contribution < -0.4 is 11.1 Å². The van der Waals surface area contributed by atoms with E-state index in [0.29, 0.717) is 38.8 Å². The van der Waals surface area contributed by atoms with Crippen molar-refractivity contribution >= 4 is 34.6 Å². The first-order valence-corrected chi connectivity index (χ1v) is 11.7. The summed E-state index contributed by atoms with van der Waals surface area (Å²) in [5.74, 6) is -2.17. The van der Waals surface area contributed by atoms with Crippen LogP contribution in [0.25, 0.3) is 10.9 Å². The van der Waals surface area contributed by atoms with E-state index in [1.165, 1.54) is 9.80 Å². The van der Waals surface area contributed by atoms with Crippen LogP contribution in [0.5, 0.6) is 0 Å². The van der Waals surface area contributed by atoms with E-state index in [4.69, 9.17) is 5.73 Å². The SMILES string of the molecule is CC(N)C(=O)N1CCCC1C(=O)N1CCCC1C(=O)NC(Cc1c[nH]c2ccccc12)C(=O)O. The van der Waals surface area contributed by atoms with E-state index in [1.54, 1.807) is 13.1 Å². The number of carboxylic acids is 1. The molecule has 2 aromatic rings. The third-order valence-electron chi connectivity index (χ3n) is 6.76. The molecular weight excluding hydrogens is 438 g/mol. The fourth-order valence-electron chi connectivity index (χ4n) is 5.03. The monoisotopic (exact) mass is 469 g/mol. The van der Waals surface area contributed by atoms with Gasteiger partial charge >= 0.3 is 5.97 Å². The second kappa shape index (κ2) is 9.84. The molecule has 2 fully saturated rings. The summed E-state index contributed by atoms with van der Waals surface area (Å²) in [6.07, 6.45) is 4.18. The molecule has 10 heteroatoms. The number of aliphatic carboxylic acids is 1. The number of nitrogens with one attached hydrogen (secondary N) is 2. The minimum absolute atomic E-state index is 0.116. The van der Waals surface area contributed by atoms with Crippen molar-refractivity contribution in [1.29, 1.82) is 0 Å². The van der Waals surface area contributed by atoms with Crippen LogP contribution in [0.2, 0.25) is 0 Å². The van der Waals surface area contributed by atoms with Crippen molar-refractivity contribution in [2.75, 3.05) is 13.1 Å². The fraction of sp³-hybridized carbons (Fsp3) is 0.500. The van der Waals surface area contributed by atoms with Crippen LogP contribution in [0.15, 0.2) is 30.5 Å². The van der Waals surface area contributed by atoms with Crippen LogP contribution in [-0.2, 0) is 25.6 Å². The smallest absolute Gasteiger partial charge is 0.326 e. The van der Waals surface area contributed by atoms with Gasteiger partial charge in [0.15, 0.2) is 0 Å². The summed E-state index contributed by atoms with van der Waals surface area (Å²) < 4.78 is 0. The number of carbonyl (C=O) groups excluding carboxylic acids is 3. The Labute approximate surface area is 197 Å². The summed E-state index contributed by atoms with van der Waals surface area (Å²) >= 11 is 0. The highest BCUT2D eigenvalue weighted by Gasteiger charge is 2.43. The van der Waals surface area contributed by atoms with Gasteiger partial charge in [0.05, 0.1) is 6.04 Å². The number of benzene rings is 1. The number of rotatable bonds is 7. The lowest BCUT2D eigenvalue weighted by Gasteiger charge is -2.32. The molecule has 4 unspecified atom stereocenters. The zero-order valence-corrected chi connectivity index (χ0v) is 19.2. The van der Waals surface area contributed by atoms with E-state index in [0.717, 1.165) is 16.5 Å². The fourth-order valence-corrected chi connectivity index (χ4v) is 5.03. The molecule has 0 bridgehead atoms. The maximum atomic E-state index is 13.3. The van der Waals surface area contributed by atoms with Gasteiger partial charge < -0.3 is 30.9 Å². The minimum Gasteiger partial charge on any atom is -0.480 e. The number of hydrogen-bond acceptors (Lipinski definition) is 5. The Morgan fingerprint density at radius 1 is 1.12 bits per heavy atom. The first-order valence-electron chi connectivity index (χ1n) is 11.7. The van der Waals surface area contributed by atoms with E-state index >= 15 is 0 Å². The molecular formula is C24H31N5O5. The lowest BCUT2D eigenvalue weighted by Crippen LogP contribution is -2.56. The average molecular weight is 470 g/mol. The second-order valence-electron chi connectivity index (χ2n) is 9.13. The molecule has 10 nitrogen and oxygen atoms in total. The molecule has 1 aromatic heterocycles. The minimum atomic E-state index is -1.14. The lowest BCUT2D eigenvalue weighted by atomic mass is 10.0. The van der Waals surface area contributed by atoms with Crippen molar-refractivity contribution in [3.8, 4) is 0 Å². The number of carboxylic acid groups (broad SMARTS) is 1. The molecule has 4 atom stereocenters. The van der Waals surface area contributed by atoms with Crippen molar-refractivity contribution in [3.63, 3.8) is 0 Å². The molecule has 3 heterocycles. The molecule has 34 heavy (non-hydrogen) atoms. The number of nitrogens with zero attached hydrogens (tertiary/aromatic N) is 2. The van der Waals surface area contributed by atoms with Gasteiger partial charge in [-0.3, -0.25) is 14.4 Å². The summed E-state index contributed by atoms with van der Waals surface area (Å²) in [7, 11) is 0. The maximum Gasteiger partial charge on any atom is 0.326 e. The van der Waals surface area contributed by atoms with E-state index in [9.17, 15) is 24.3 Å². The number of amides is 3. The predicted molar refractivity (Wildman–Crippen MR) is 125 cm³/mol. The number of carbonyl (C=O) groups is 4. The molecule has 2 saturated heterocycles. The Balaban J connectivity index is 1.46. The second-order valence-corrected chi connectivity index (χ2v) is 9.13. The Bertz CT molecular complexity index is 1100. The standard InChI is InChI=1S/C24H31N5O5/c1-14(25)22(31)29-11-5-9-20(29)23(32)28-10-4-8-19(28)21(30)27-18(24(33)34)12-15-13-26-17-7-3-2-6-16(15)17/h2-3,6-7,13-14,18-20,26H,4-5,8-12,25H2,1H3,(H,27,30)(H,33,34). The molecule has 1 aromatic carbocycles. The summed E-state index contributed by atoms with van der Waals surface area (Å²) in [4.78, 5) is 57.0. The number of fused-ring (bicyclic) bond motifs is 1. The molecule has 0 aliphatic carbocycles. The first-order chi connectivity index (χ1) is 16.3. The van der Waals surface area contributed by atoms with Crippen LogP contribution in [0.3, 0.4) is 0 Å². The summed E-state index contributed by atoms with van der Waals surface area (Å²) in [5.41, 5.74) is 7.42. The van der Waals surface area contributed by atoms with Gasteiger partial charge in [0.25, 0.3) is 0 Å². The number of nitrogens with two attached hydrogens (primary N) is 1. The van der Waals surface area contributed by atoms with Gasteiger partial charge in [0.2, 0.25) is 17.7 Å². The van der Waals surface area contributed by atoms with Crippen molar-refractivity contribution in [2.45, 2.75) is 63.2 Å². The molecule has 0 saturated carbocycles. The molecule has 0 spiro atoms. The first kappa shape index (κ1) is 23.7. The van der Waals surface area contributed by atoms with Crippen molar-refractivity contribution in [1.82, 2.24) is 20.1 Å².